The number of methoxy groups -OCH3 is 1. The molecule has 1 aromatic carbocycles. The third kappa shape index (κ3) is 0.975. The molecule has 0 radical (unpaired) electrons. The van der Waals surface area contributed by atoms with Crippen LogP contribution in [0.4, 0.5) is 0 Å². The zero-order valence-corrected chi connectivity index (χ0v) is 7.81. The number of benzene rings is 1. The fourth-order valence-corrected chi connectivity index (χ4v) is 2.00. The zero-order valence-electron chi connectivity index (χ0n) is 7.00. The SMILES string of the molecule is COc1ccc(C)c2scnc12. The molecule has 0 atom stereocenters. The predicted octanol–water partition coefficient (Wildman–Crippen LogP) is 2.61. The Morgan fingerprint density at radius 1 is 1.42 bits per heavy atom. The van der Waals surface area contributed by atoms with Crippen molar-refractivity contribution in [2.75, 3.05) is 7.11 Å². The molecular weight excluding hydrogens is 170 g/mol. The van der Waals surface area contributed by atoms with E-state index >= 15 is 0 Å². The van der Waals surface area contributed by atoms with E-state index in [1.807, 2.05) is 11.6 Å². The molecule has 2 aromatic rings. The molecule has 62 valence electrons. The molecule has 0 saturated heterocycles. The zero-order chi connectivity index (χ0) is 8.55. The van der Waals surface area contributed by atoms with E-state index in [4.69, 9.17) is 4.74 Å². The Balaban J connectivity index is 2.82. The summed E-state index contributed by atoms with van der Waals surface area (Å²) in [6.45, 7) is 2.08. The van der Waals surface area contributed by atoms with Crippen LogP contribution in [0.25, 0.3) is 10.2 Å². The molecule has 0 unspecified atom stereocenters. The predicted molar refractivity (Wildman–Crippen MR) is 50.9 cm³/mol. The summed E-state index contributed by atoms with van der Waals surface area (Å²) in [5, 5.41) is 0. The van der Waals surface area contributed by atoms with Crippen molar-refractivity contribution in [2.24, 2.45) is 0 Å². The molecule has 1 aromatic heterocycles. The lowest BCUT2D eigenvalue weighted by Gasteiger charge is -2.01. The largest absolute Gasteiger partial charge is 0.494 e. The van der Waals surface area contributed by atoms with Crippen LogP contribution in [0.3, 0.4) is 0 Å². The van der Waals surface area contributed by atoms with Gasteiger partial charge in [-0.1, -0.05) is 6.07 Å². The van der Waals surface area contributed by atoms with Gasteiger partial charge in [0.05, 0.1) is 17.3 Å². The quantitative estimate of drug-likeness (QED) is 0.671. The minimum absolute atomic E-state index is 0.858. The van der Waals surface area contributed by atoms with Gasteiger partial charge in [0.2, 0.25) is 0 Å². The third-order valence-corrected chi connectivity index (χ3v) is 2.83. The van der Waals surface area contributed by atoms with E-state index < -0.39 is 0 Å². The lowest BCUT2D eigenvalue weighted by Crippen LogP contribution is -1.84. The molecule has 0 bridgehead atoms. The van der Waals surface area contributed by atoms with Crippen LogP contribution in [0.2, 0.25) is 0 Å². The summed E-state index contributed by atoms with van der Waals surface area (Å²) in [5.74, 6) is 0.858. The van der Waals surface area contributed by atoms with Gasteiger partial charge in [-0.15, -0.1) is 11.3 Å². The molecule has 3 heteroatoms. The van der Waals surface area contributed by atoms with E-state index in [9.17, 15) is 0 Å². The lowest BCUT2D eigenvalue weighted by atomic mass is 10.2. The maximum absolute atomic E-state index is 5.18. The molecule has 12 heavy (non-hydrogen) atoms. The third-order valence-electron chi connectivity index (χ3n) is 1.86. The van der Waals surface area contributed by atoms with E-state index in [2.05, 4.69) is 18.0 Å². The molecule has 2 rings (SSSR count). The maximum Gasteiger partial charge on any atom is 0.145 e. The second-order valence-electron chi connectivity index (χ2n) is 2.61. The van der Waals surface area contributed by atoms with Crippen molar-refractivity contribution in [2.45, 2.75) is 6.92 Å². The molecule has 1 heterocycles. The van der Waals surface area contributed by atoms with Gasteiger partial charge in [-0.25, -0.2) is 4.98 Å². The molecule has 2 nitrogen and oxygen atoms in total. The number of hydrogen-bond acceptors (Lipinski definition) is 3. The standard InChI is InChI=1S/C9H9NOS/c1-6-3-4-7(11-2)8-9(6)12-5-10-8/h3-5H,1-2H3. The summed E-state index contributed by atoms with van der Waals surface area (Å²) < 4.78 is 6.40. The van der Waals surface area contributed by atoms with E-state index in [-0.39, 0.29) is 0 Å². The average Bonchev–Trinajstić information content (AvgIpc) is 2.54. The Hall–Kier alpha value is -1.09. The Morgan fingerprint density at radius 3 is 3.00 bits per heavy atom. The van der Waals surface area contributed by atoms with Crippen LogP contribution < -0.4 is 4.74 Å². The summed E-state index contributed by atoms with van der Waals surface area (Å²) in [4.78, 5) is 4.24. The van der Waals surface area contributed by atoms with Crippen LogP contribution in [0.15, 0.2) is 17.6 Å². The van der Waals surface area contributed by atoms with Crippen LogP contribution in [0.1, 0.15) is 5.56 Å². The van der Waals surface area contributed by atoms with Crippen LogP contribution in [0.5, 0.6) is 5.75 Å². The normalized spacial score (nSPS) is 10.5. The molecule has 0 aliphatic carbocycles. The molecule has 0 aliphatic heterocycles. The Bertz CT molecular complexity index is 408. The smallest absolute Gasteiger partial charge is 0.145 e. The Labute approximate surface area is 74.8 Å². The second-order valence-corrected chi connectivity index (χ2v) is 3.47. The fourth-order valence-electron chi connectivity index (χ4n) is 1.22. The molecule has 0 amide bonds. The molecule has 0 fully saturated rings. The number of fused-ring (bicyclic) bond motifs is 1. The first-order valence-corrected chi connectivity index (χ1v) is 4.57. The van der Waals surface area contributed by atoms with Gasteiger partial charge >= 0.3 is 0 Å². The van der Waals surface area contributed by atoms with Crippen molar-refractivity contribution in [1.29, 1.82) is 0 Å². The maximum atomic E-state index is 5.18. The van der Waals surface area contributed by atoms with Gasteiger partial charge in [0, 0.05) is 0 Å². The molecular formula is C9H9NOS. The highest BCUT2D eigenvalue weighted by molar-refractivity contribution is 7.17. The monoisotopic (exact) mass is 179 g/mol. The van der Waals surface area contributed by atoms with Gasteiger partial charge in [0.25, 0.3) is 0 Å². The van der Waals surface area contributed by atoms with Crippen LogP contribution in [-0.2, 0) is 0 Å². The van der Waals surface area contributed by atoms with Gasteiger partial charge in [-0.05, 0) is 18.6 Å². The van der Waals surface area contributed by atoms with Crippen molar-refractivity contribution in [3.63, 3.8) is 0 Å². The first kappa shape index (κ1) is 7.55. The van der Waals surface area contributed by atoms with Gasteiger partial charge in [0.15, 0.2) is 0 Å². The summed E-state index contributed by atoms with van der Waals surface area (Å²) in [5.41, 5.74) is 4.08. The van der Waals surface area contributed by atoms with Crippen molar-refractivity contribution >= 4 is 21.6 Å². The highest BCUT2D eigenvalue weighted by Crippen LogP contribution is 2.29. The van der Waals surface area contributed by atoms with Crippen LogP contribution >= 0.6 is 11.3 Å². The molecule has 0 saturated carbocycles. The molecule has 0 spiro atoms. The lowest BCUT2D eigenvalue weighted by molar-refractivity contribution is 0.419. The van der Waals surface area contributed by atoms with Gasteiger partial charge in [0.1, 0.15) is 11.3 Å². The average molecular weight is 179 g/mol. The number of rotatable bonds is 1. The van der Waals surface area contributed by atoms with Crippen molar-refractivity contribution in [3.8, 4) is 5.75 Å². The number of thiazole rings is 1. The van der Waals surface area contributed by atoms with Gasteiger partial charge in [-0.3, -0.25) is 0 Å². The van der Waals surface area contributed by atoms with E-state index in [0.717, 1.165) is 11.3 Å². The first-order valence-electron chi connectivity index (χ1n) is 3.69. The molecule has 0 aliphatic rings. The van der Waals surface area contributed by atoms with Gasteiger partial charge in [-0.2, -0.15) is 0 Å². The van der Waals surface area contributed by atoms with E-state index in [1.54, 1.807) is 18.4 Å². The highest BCUT2D eigenvalue weighted by Gasteiger charge is 2.05. The first-order chi connectivity index (χ1) is 5.83. The minimum atomic E-state index is 0.858. The Kier molecular flexibility index (Phi) is 1.73. The summed E-state index contributed by atoms with van der Waals surface area (Å²) in [6, 6.07) is 4.01. The number of aromatic nitrogens is 1. The number of nitrogens with zero attached hydrogens (tertiary/aromatic N) is 1. The molecule has 0 N–H and O–H groups in total. The Morgan fingerprint density at radius 2 is 2.25 bits per heavy atom. The van der Waals surface area contributed by atoms with Crippen molar-refractivity contribution in [1.82, 2.24) is 4.98 Å². The number of aryl methyl sites for hydroxylation is 1. The van der Waals surface area contributed by atoms with Crippen LogP contribution in [-0.4, -0.2) is 12.1 Å². The summed E-state index contributed by atoms with van der Waals surface area (Å²) >= 11 is 1.65. The highest BCUT2D eigenvalue weighted by atomic mass is 32.1. The number of ether oxygens (including phenoxy) is 1. The summed E-state index contributed by atoms with van der Waals surface area (Å²) in [7, 11) is 1.67. The van der Waals surface area contributed by atoms with Crippen molar-refractivity contribution < 1.29 is 4.74 Å². The van der Waals surface area contributed by atoms with E-state index in [1.165, 1.54) is 10.3 Å². The van der Waals surface area contributed by atoms with Crippen molar-refractivity contribution in [3.05, 3.63) is 23.2 Å². The topological polar surface area (TPSA) is 22.1 Å². The fraction of sp³-hybridized carbons (Fsp3) is 0.222. The number of hydrogen-bond donors (Lipinski definition) is 0. The summed E-state index contributed by atoms with van der Waals surface area (Å²) in [6.07, 6.45) is 0. The van der Waals surface area contributed by atoms with E-state index in [0.29, 0.717) is 0 Å². The van der Waals surface area contributed by atoms with Gasteiger partial charge < -0.3 is 4.74 Å². The van der Waals surface area contributed by atoms with Crippen LogP contribution in [0, 0.1) is 6.92 Å². The second kappa shape index (κ2) is 2.75. The minimum Gasteiger partial charge on any atom is -0.494 e.